The molecule has 0 bridgehead atoms. The zero-order chi connectivity index (χ0) is 10.8. The van der Waals surface area contributed by atoms with Crippen molar-refractivity contribution in [3.8, 4) is 0 Å². The van der Waals surface area contributed by atoms with Gasteiger partial charge >= 0.3 is 0 Å². The van der Waals surface area contributed by atoms with Crippen LogP contribution in [-0.2, 0) is 0 Å². The van der Waals surface area contributed by atoms with E-state index in [1.54, 1.807) is 6.07 Å². The highest BCUT2D eigenvalue weighted by Crippen LogP contribution is 2.21. The fourth-order valence-corrected chi connectivity index (χ4v) is 2.14. The van der Waals surface area contributed by atoms with Gasteiger partial charge in [0.15, 0.2) is 0 Å². The van der Waals surface area contributed by atoms with Crippen LogP contribution in [0.4, 0.5) is 0 Å². The van der Waals surface area contributed by atoms with Crippen molar-refractivity contribution in [3.05, 3.63) is 22.6 Å². The molecule has 1 unspecified atom stereocenters. The largest absolute Gasteiger partial charge is 0.458 e. The van der Waals surface area contributed by atoms with E-state index in [1.807, 2.05) is 11.9 Å². The average molecular weight is 310 g/mol. The first-order chi connectivity index (χ1) is 7.22. The Labute approximate surface area is 109 Å². The zero-order valence-corrected chi connectivity index (χ0v) is 11.3. The molecular formula is C10H14BrClN2O2. The summed E-state index contributed by atoms with van der Waals surface area (Å²) in [6.07, 6.45) is 2.52. The Bertz CT molecular complexity index is 369. The molecule has 2 heterocycles. The molecule has 90 valence electrons. The molecule has 1 aromatic heterocycles. The number of hydrogen-bond acceptors (Lipinski definition) is 3. The molecule has 16 heavy (non-hydrogen) atoms. The summed E-state index contributed by atoms with van der Waals surface area (Å²) in [5.74, 6) is 0.358. The number of nitrogens with one attached hydrogen (secondary N) is 1. The van der Waals surface area contributed by atoms with E-state index in [9.17, 15) is 4.79 Å². The predicted octanol–water partition coefficient (Wildman–Crippen LogP) is 1.90. The summed E-state index contributed by atoms with van der Waals surface area (Å²) in [4.78, 5) is 13.8. The molecule has 1 aliphatic heterocycles. The first-order valence-corrected chi connectivity index (χ1v) is 5.71. The van der Waals surface area contributed by atoms with E-state index in [2.05, 4.69) is 21.2 Å². The number of likely N-dealkylation sites (tertiary alicyclic amines) is 1. The lowest BCUT2D eigenvalue weighted by atomic mass is 10.3. The molecule has 2 rings (SSSR count). The Balaban J connectivity index is 0.00000128. The van der Waals surface area contributed by atoms with E-state index in [-0.39, 0.29) is 18.3 Å². The third-order valence-electron chi connectivity index (χ3n) is 2.70. The van der Waals surface area contributed by atoms with Crippen LogP contribution in [-0.4, -0.2) is 37.0 Å². The molecular weight excluding hydrogens is 295 g/mol. The van der Waals surface area contributed by atoms with Crippen LogP contribution in [0.1, 0.15) is 17.0 Å². The van der Waals surface area contributed by atoms with Crippen molar-refractivity contribution in [2.75, 3.05) is 20.1 Å². The Morgan fingerprint density at radius 1 is 1.69 bits per heavy atom. The van der Waals surface area contributed by atoms with Crippen molar-refractivity contribution >= 4 is 34.2 Å². The number of hydrogen-bond donors (Lipinski definition) is 1. The molecule has 0 spiro atoms. The first-order valence-electron chi connectivity index (χ1n) is 4.92. The van der Waals surface area contributed by atoms with Crippen LogP contribution < -0.4 is 5.32 Å². The summed E-state index contributed by atoms with van der Waals surface area (Å²) < 4.78 is 5.87. The molecule has 1 atom stereocenters. The quantitative estimate of drug-likeness (QED) is 0.907. The lowest BCUT2D eigenvalue weighted by Crippen LogP contribution is -2.33. The van der Waals surface area contributed by atoms with Crippen molar-refractivity contribution < 1.29 is 9.21 Å². The highest BCUT2D eigenvalue weighted by atomic mass is 79.9. The van der Waals surface area contributed by atoms with Crippen LogP contribution in [0.5, 0.6) is 0 Å². The minimum atomic E-state index is -0.0374. The molecule has 0 radical (unpaired) electrons. The van der Waals surface area contributed by atoms with Crippen molar-refractivity contribution in [1.82, 2.24) is 10.2 Å². The number of furan rings is 1. The highest BCUT2D eigenvalue weighted by Gasteiger charge is 2.28. The van der Waals surface area contributed by atoms with Crippen LogP contribution >= 0.6 is 28.3 Å². The Morgan fingerprint density at radius 2 is 2.44 bits per heavy atom. The summed E-state index contributed by atoms with van der Waals surface area (Å²) in [5.41, 5.74) is 0. The second-order valence-corrected chi connectivity index (χ2v) is 4.48. The fraction of sp³-hybridized carbons (Fsp3) is 0.500. The maximum atomic E-state index is 12.0. The van der Waals surface area contributed by atoms with E-state index < -0.39 is 0 Å². The third kappa shape index (κ3) is 2.59. The molecule has 1 saturated heterocycles. The average Bonchev–Trinajstić information content (AvgIpc) is 2.84. The van der Waals surface area contributed by atoms with Crippen LogP contribution in [0.2, 0.25) is 0 Å². The predicted molar refractivity (Wildman–Crippen MR) is 67.0 cm³/mol. The SMILES string of the molecule is CNC1CCN(C(=O)c2occc2Br)C1.Cl. The minimum absolute atomic E-state index is 0. The van der Waals surface area contributed by atoms with Crippen LogP contribution in [0.3, 0.4) is 0 Å². The number of amides is 1. The molecule has 1 aromatic rings. The number of carbonyl (C=O) groups is 1. The van der Waals surface area contributed by atoms with E-state index in [0.717, 1.165) is 24.0 Å². The van der Waals surface area contributed by atoms with Gasteiger partial charge < -0.3 is 14.6 Å². The van der Waals surface area contributed by atoms with Crippen molar-refractivity contribution in [2.24, 2.45) is 0 Å². The van der Waals surface area contributed by atoms with Gasteiger partial charge in [-0.05, 0) is 35.5 Å². The van der Waals surface area contributed by atoms with E-state index in [1.165, 1.54) is 6.26 Å². The fourth-order valence-electron chi connectivity index (χ4n) is 1.77. The molecule has 0 saturated carbocycles. The Kier molecular flexibility index (Phi) is 4.83. The number of rotatable bonds is 2. The summed E-state index contributed by atoms with van der Waals surface area (Å²) in [7, 11) is 1.92. The molecule has 1 amide bonds. The maximum Gasteiger partial charge on any atom is 0.290 e. The number of likely N-dealkylation sites (N-methyl/N-ethyl adjacent to an activating group) is 1. The van der Waals surface area contributed by atoms with E-state index in [0.29, 0.717) is 11.8 Å². The summed E-state index contributed by atoms with van der Waals surface area (Å²) >= 11 is 3.29. The van der Waals surface area contributed by atoms with Gasteiger partial charge in [-0.25, -0.2) is 0 Å². The molecule has 1 aliphatic rings. The van der Waals surface area contributed by atoms with Crippen LogP contribution in [0.25, 0.3) is 0 Å². The topological polar surface area (TPSA) is 45.5 Å². The zero-order valence-electron chi connectivity index (χ0n) is 8.90. The van der Waals surface area contributed by atoms with Gasteiger partial charge in [-0.2, -0.15) is 0 Å². The van der Waals surface area contributed by atoms with Gasteiger partial charge in [0, 0.05) is 19.1 Å². The van der Waals surface area contributed by atoms with Gasteiger partial charge in [-0.15, -0.1) is 12.4 Å². The van der Waals surface area contributed by atoms with E-state index >= 15 is 0 Å². The third-order valence-corrected chi connectivity index (χ3v) is 3.32. The van der Waals surface area contributed by atoms with Gasteiger partial charge in [-0.1, -0.05) is 0 Å². The smallest absolute Gasteiger partial charge is 0.290 e. The first kappa shape index (κ1) is 13.5. The highest BCUT2D eigenvalue weighted by molar-refractivity contribution is 9.10. The summed E-state index contributed by atoms with van der Waals surface area (Å²) in [6.45, 7) is 1.54. The van der Waals surface area contributed by atoms with Gasteiger partial charge in [0.05, 0.1) is 10.7 Å². The van der Waals surface area contributed by atoms with Crippen LogP contribution in [0.15, 0.2) is 21.2 Å². The lowest BCUT2D eigenvalue weighted by molar-refractivity contribution is 0.0757. The monoisotopic (exact) mass is 308 g/mol. The molecule has 4 nitrogen and oxygen atoms in total. The van der Waals surface area contributed by atoms with Gasteiger partial charge in [-0.3, -0.25) is 4.79 Å². The molecule has 1 N–H and O–H groups in total. The van der Waals surface area contributed by atoms with Gasteiger partial charge in [0.2, 0.25) is 5.76 Å². The standard InChI is InChI=1S/C10H13BrN2O2.ClH/c1-12-7-2-4-13(6-7)10(14)9-8(11)3-5-15-9;/h3,5,7,12H,2,4,6H2,1H3;1H. The normalized spacial score (nSPS) is 19.6. The summed E-state index contributed by atoms with van der Waals surface area (Å²) in [5, 5.41) is 3.17. The number of halogens is 2. The molecule has 0 aromatic carbocycles. The number of nitrogens with zero attached hydrogens (tertiary/aromatic N) is 1. The maximum absolute atomic E-state index is 12.0. The van der Waals surface area contributed by atoms with Gasteiger partial charge in [0.1, 0.15) is 0 Å². The second kappa shape index (κ2) is 5.70. The van der Waals surface area contributed by atoms with Crippen LogP contribution in [0, 0.1) is 0 Å². The van der Waals surface area contributed by atoms with Gasteiger partial charge in [0.25, 0.3) is 5.91 Å². The van der Waals surface area contributed by atoms with Crippen molar-refractivity contribution in [1.29, 1.82) is 0 Å². The van der Waals surface area contributed by atoms with Crippen molar-refractivity contribution in [2.45, 2.75) is 12.5 Å². The Hall–Kier alpha value is -0.520. The molecule has 0 aliphatic carbocycles. The molecule has 1 fully saturated rings. The molecule has 6 heteroatoms. The number of carbonyl (C=O) groups excluding carboxylic acids is 1. The minimum Gasteiger partial charge on any atom is -0.458 e. The lowest BCUT2D eigenvalue weighted by Gasteiger charge is -2.14. The Morgan fingerprint density at radius 3 is 2.94 bits per heavy atom. The second-order valence-electron chi connectivity index (χ2n) is 3.62. The summed E-state index contributed by atoms with van der Waals surface area (Å²) in [6, 6.07) is 2.14. The van der Waals surface area contributed by atoms with Crippen molar-refractivity contribution in [3.63, 3.8) is 0 Å². The van der Waals surface area contributed by atoms with E-state index in [4.69, 9.17) is 4.42 Å².